The fourth-order valence-corrected chi connectivity index (χ4v) is 6.62. The van der Waals surface area contributed by atoms with Gasteiger partial charge in [-0.25, -0.2) is 14.0 Å². The Labute approximate surface area is 214 Å². The maximum Gasteiger partial charge on any atom is 0.483 e. The molecule has 14 unspecified atom stereocenters. The van der Waals surface area contributed by atoms with Gasteiger partial charge >= 0.3 is 15.6 Å². The Hall–Kier alpha value is -0.710. The third kappa shape index (κ3) is 6.28. The van der Waals surface area contributed by atoms with E-state index in [1.807, 2.05) is 0 Å². The molecule has 0 bridgehead atoms. The molecule has 4 saturated heterocycles. The quantitative estimate of drug-likeness (QED) is 0.116. The average Bonchev–Trinajstić information content (AvgIpc) is 3.35. The summed E-state index contributed by atoms with van der Waals surface area (Å²) in [6, 6.07) is -0.748. The highest BCUT2D eigenvalue weighted by Gasteiger charge is 2.53. The van der Waals surface area contributed by atoms with E-state index in [9.17, 15) is 49.2 Å². The number of fused-ring (bicyclic) bond motifs is 1. The summed E-state index contributed by atoms with van der Waals surface area (Å²) in [7, 11) is -10.9. The normalized spacial score (nSPS) is 47.2. The largest absolute Gasteiger partial charge is 0.483 e. The fraction of sp³-hybridized carbons (Fsp3) is 0.938. The van der Waals surface area contributed by atoms with E-state index in [4.69, 9.17) is 15.2 Å². The number of carbonyl (C=O) groups is 1. The minimum atomic E-state index is -5.48. The molecule has 4 fully saturated rings. The van der Waals surface area contributed by atoms with Crippen LogP contribution in [-0.2, 0) is 36.8 Å². The summed E-state index contributed by atoms with van der Waals surface area (Å²) >= 11 is 0. The first kappa shape index (κ1) is 30.3. The molecule has 4 aliphatic heterocycles. The number of nitrogens with one attached hydrogen (secondary N) is 3. The summed E-state index contributed by atoms with van der Waals surface area (Å²) in [5.41, 5.74) is 5.72. The van der Waals surface area contributed by atoms with Gasteiger partial charge in [0.05, 0.1) is 25.5 Å². The van der Waals surface area contributed by atoms with Crippen LogP contribution in [0.4, 0.5) is 0 Å². The second-order valence-electron chi connectivity index (χ2n) is 9.10. The Kier molecular flexibility index (Phi) is 8.98. The van der Waals surface area contributed by atoms with Crippen molar-refractivity contribution in [1.82, 2.24) is 20.9 Å². The number of ether oxygens (including phenoxy) is 2. The zero-order valence-electron chi connectivity index (χ0n) is 19.7. The Balaban J connectivity index is 1.33. The van der Waals surface area contributed by atoms with Gasteiger partial charge in [0.2, 0.25) is 5.91 Å². The lowest BCUT2D eigenvalue weighted by Crippen LogP contribution is -2.71. The van der Waals surface area contributed by atoms with E-state index in [1.165, 1.54) is 11.8 Å². The number of aliphatic hydroxyl groups is 5. The number of nitrogens with two attached hydrogens (primary N) is 1. The molecule has 4 heterocycles. The van der Waals surface area contributed by atoms with Gasteiger partial charge in [-0.15, -0.1) is 0 Å². The van der Waals surface area contributed by atoms with E-state index in [0.717, 1.165) is 0 Å². The average molecular weight is 595 g/mol. The molecular formula is C16H31N5O15P2. The minimum Gasteiger partial charge on any atom is -0.388 e. The molecule has 12 N–H and O–H groups in total. The smallest absolute Gasteiger partial charge is 0.388 e. The lowest BCUT2D eigenvalue weighted by Gasteiger charge is -2.38. The molecule has 38 heavy (non-hydrogen) atoms. The van der Waals surface area contributed by atoms with Crippen LogP contribution in [0.25, 0.3) is 0 Å². The molecule has 4 aliphatic rings. The minimum absolute atomic E-state index is 0.0383. The van der Waals surface area contributed by atoms with Crippen LogP contribution in [0.15, 0.2) is 0 Å². The van der Waals surface area contributed by atoms with E-state index in [-0.39, 0.29) is 6.67 Å². The number of rotatable bonds is 8. The lowest BCUT2D eigenvalue weighted by atomic mass is 10.0. The van der Waals surface area contributed by atoms with Gasteiger partial charge in [0.15, 0.2) is 6.29 Å². The number of phosphoric ester groups is 2. The molecule has 1 amide bonds. The molecule has 220 valence electrons. The summed E-state index contributed by atoms with van der Waals surface area (Å²) in [6.45, 7) is 0.395. The van der Waals surface area contributed by atoms with E-state index in [1.54, 1.807) is 0 Å². The lowest BCUT2D eigenvalue weighted by molar-refractivity contribution is -0.271. The van der Waals surface area contributed by atoms with E-state index in [0.29, 0.717) is 0 Å². The third-order valence-electron chi connectivity index (χ3n) is 6.42. The zero-order valence-corrected chi connectivity index (χ0v) is 21.4. The van der Waals surface area contributed by atoms with Crippen LogP contribution < -0.4 is 21.7 Å². The third-order valence-corrected chi connectivity index (χ3v) is 9.02. The summed E-state index contributed by atoms with van der Waals surface area (Å²) in [5.74, 6) is -0.406. The molecule has 0 saturated carbocycles. The molecule has 0 aromatic rings. The van der Waals surface area contributed by atoms with Crippen LogP contribution >= 0.6 is 15.6 Å². The summed E-state index contributed by atoms with van der Waals surface area (Å²) in [5, 5.41) is 58.4. The summed E-state index contributed by atoms with van der Waals surface area (Å²) < 4.78 is 48.4. The maximum atomic E-state index is 12.3. The number of aliphatic hydroxyl groups excluding tert-OH is 5. The van der Waals surface area contributed by atoms with Crippen LogP contribution in [0.3, 0.4) is 0 Å². The highest BCUT2D eigenvalue weighted by atomic mass is 31.3. The van der Waals surface area contributed by atoms with Crippen LogP contribution in [0.2, 0.25) is 0 Å². The van der Waals surface area contributed by atoms with Gasteiger partial charge in [0.1, 0.15) is 55.2 Å². The van der Waals surface area contributed by atoms with Crippen molar-refractivity contribution in [2.75, 3.05) is 13.3 Å². The van der Waals surface area contributed by atoms with E-state index >= 15 is 0 Å². The molecule has 0 aromatic heterocycles. The number of carbonyl (C=O) groups excluding carboxylic acids is 1. The zero-order chi connectivity index (χ0) is 28.2. The van der Waals surface area contributed by atoms with Gasteiger partial charge in [-0.3, -0.25) is 30.2 Å². The van der Waals surface area contributed by atoms with Crippen LogP contribution in [0.1, 0.15) is 6.92 Å². The fourth-order valence-electron chi connectivity index (χ4n) is 4.46. The maximum absolute atomic E-state index is 12.3. The number of amides is 1. The second kappa shape index (κ2) is 11.3. The van der Waals surface area contributed by atoms with Crippen molar-refractivity contribution < 1.29 is 72.1 Å². The summed E-state index contributed by atoms with van der Waals surface area (Å²) in [4.78, 5) is 33.3. The van der Waals surface area contributed by atoms with Crippen LogP contribution in [-0.4, -0.2) is 133 Å². The van der Waals surface area contributed by atoms with Crippen molar-refractivity contribution in [3.05, 3.63) is 0 Å². The van der Waals surface area contributed by atoms with Gasteiger partial charge in [-0.2, -0.15) is 4.31 Å². The van der Waals surface area contributed by atoms with Crippen LogP contribution in [0, 0.1) is 0 Å². The number of hydrogen-bond acceptors (Lipinski definition) is 17. The first-order valence-electron chi connectivity index (χ1n) is 11.3. The Morgan fingerprint density at radius 1 is 1.03 bits per heavy atom. The Morgan fingerprint density at radius 3 is 2.39 bits per heavy atom. The van der Waals surface area contributed by atoms with Crippen molar-refractivity contribution in [2.45, 2.75) is 80.7 Å². The first-order valence-corrected chi connectivity index (χ1v) is 14.3. The van der Waals surface area contributed by atoms with Gasteiger partial charge in [0, 0.05) is 0 Å². The van der Waals surface area contributed by atoms with Gasteiger partial charge in [-0.1, -0.05) is 0 Å². The van der Waals surface area contributed by atoms with E-state index < -0.39 is 102 Å². The molecule has 22 heteroatoms. The molecule has 0 spiro atoms. The van der Waals surface area contributed by atoms with Crippen molar-refractivity contribution in [3.8, 4) is 0 Å². The molecule has 4 rings (SSSR count). The molecule has 0 aromatic carbocycles. The molecule has 20 nitrogen and oxygen atoms in total. The standard InChI is InChI=1S/C16H31N5O15P2/c1-4-7(22)9(24)11(26)15(33-4)35-38(30,31)36-37(28,29)32-2-5-8(23)10(25)14(34-5)21-3-18-6-12(21)19-16(17)20-13(6)27/h4-12,14-16,18-19,22-26H,2-3,17H2,1H3,(H,20,27)(H,28,29)(H,30,31). The Bertz CT molecular complexity index is 982. The molecular weight excluding hydrogens is 564 g/mol. The van der Waals surface area contributed by atoms with Crippen molar-refractivity contribution >= 4 is 21.6 Å². The van der Waals surface area contributed by atoms with Crippen molar-refractivity contribution in [2.24, 2.45) is 5.73 Å². The highest BCUT2D eigenvalue weighted by Crippen LogP contribution is 2.61. The second-order valence-corrected chi connectivity index (χ2v) is 12.1. The van der Waals surface area contributed by atoms with Gasteiger partial charge in [-0.05, 0) is 6.92 Å². The molecule has 0 aliphatic carbocycles. The number of phosphoric acid groups is 2. The SMILES string of the molecule is CC1OC(OP(=O)(O)OP(=O)(O)OCC2OC(N3CNC4C(=O)NC(N)NC43)C(O)C2O)C(O)C(O)C1O. The van der Waals surface area contributed by atoms with Crippen molar-refractivity contribution in [1.29, 1.82) is 0 Å². The number of nitrogens with zero attached hydrogens (tertiary/aromatic N) is 1. The topological polar surface area (TPSA) is 304 Å². The molecule has 0 radical (unpaired) electrons. The predicted octanol–water partition coefficient (Wildman–Crippen LogP) is -5.97. The molecule has 14 atom stereocenters. The van der Waals surface area contributed by atoms with Crippen molar-refractivity contribution in [3.63, 3.8) is 0 Å². The first-order chi connectivity index (χ1) is 17.6. The Morgan fingerprint density at radius 2 is 1.71 bits per heavy atom. The van der Waals surface area contributed by atoms with Crippen LogP contribution in [0.5, 0.6) is 0 Å². The monoisotopic (exact) mass is 595 g/mol. The van der Waals surface area contributed by atoms with Gasteiger partial charge in [0.25, 0.3) is 0 Å². The van der Waals surface area contributed by atoms with Gasteiger partial charge < -0.3 is 50.1 Å². The number of hydrogen-bond donors (Lipinski definition) is 11. The summed E-state index contributed by atoms with van der Waals surface area (Å²) in [6.07, 6.45) is -16.0. The predicted molar refractivity (Wildman–Crippen MR) is 117 cm³/mol. The van der Waals surface area contributed by atoms with E-state index in [2.05, 4.69) is 29.3 Å². The highest BCUT2D eigenvalue weighted by molar-refractivity contribution is 7.61.